The highest BCUT2D eigenvalue weighted by molar-refractivity contribution is 7.92. The van der Waals surface area contributed by atoms with E-state index in [2.05, 4.69) is 4.72 Å². The fourth-order valence-electron chi connectivity index (χ4n) is 1.26. The topological polar surface area (TPSA) is 55.4 Å². The molecule has 1 fully saturated rings. The summed E-state index contributed by atoms with van der Waals surface area (Å²) in [5, 5.41) is 0.417. The van der Waals surface area contributed by atoms with Crippen LogP contribution in [-0.4, -0.2) is 20.8 Å². The van der Waals surface area contributed by atoms with Gasteiger partial charge in [-0.15, -0.1) is 0 Å². The number of anilines is 1. The number of hydrogen-bond donors (Lipinski definition) is 1. The van der Waals surface area contributed by atoms with Crippen molar-refractivity contribution in [2.75, 3.05) is 11.0 Å². The van der Waals surface area contributed by atoms with Crippen LogP contribution in [0.3, 0.4) is 0 Å². The first-order chi connectivity index (χ1) is 7.46. The lowest BCUT2D eigenvalue weighted by atomic mass is 10.3. The molecule has 0 amide bonds. The number of ether oxygens (including phenoxy) is 1. The highest BCUT2D eigenvalue weighted by Gasteiger charge is 2.26. The second-order valence-corrected chi connectivity index (χ2v) is 5.96. The summed E-state index contributed by atoms with van der Waals surface area (Å²) in [6.07, 6.45) is 3.24. The minimum Gasteiger partial charge on any atom is -0.487 e. The van der Waals surface area contributed by atoms with Gasteiger partial charge < -0.3 is 4.74 Å². The smallest absolute Gasteiger partial charge is 0.229 e. The SMILES string of the molecule is CS(=O)(=O)Nc1cccc(Cl)c1OC1CC1. The van der Waals surface area contributed by atoms with E-state index in [0.717, 1.165) is 19.1 Å². The number of rotatable bonds is 4. The molecular formula is C10H12ClNO3S. The van der Waals surface area contributed by atoms with E-state index >= 15 is 0 Å². The van der Waals surface area contributed by atoms with Crippen LogP contribution in [0.4, 0.5) is 5.69 Å². The summed E-state index contributed by atoms with van der Waals surface area (Å²) < 4.78 is 30.3. The zero-order chi connectivity index (χ0) is 11.8. The van der Waals surface area contributed by atoms with E-state index in [-0.39, 0.29) is 6.10 Å². The molecule has 88 valence electrons. The van der Waals surface area contributed by atoms with Gasteiger partial charge in [0.2, 0.25) is 10.0 Å². The first kappa shape index (κ1) is 11.5. The van der Waals surface area contributed by atoms with Crippen LogP contribution >= 0.6 is 11.6 Å². The van der Waals surface area contributed by atoms with Crippen molar-refractivity contribution in [2.45, 2.75) is 18.9 Å². The van der Waals surface area contributed by atoms with Crippen molar-refractivity contribution in [3.05, 3.63) is 23.2 Å². The molecule has 0 heterocycles. The van der Waals surface area contributed by atoms with Gasteiger partial charge in [0, 0.05) is 0 Å². The van der Waals surface area contributed by atoms with Gasteiger partial charge in [0.25, 0.3) is 0 Å². The van der Waals surface area contributed by atoms with Crippen LogP contribution < -0.4 is 9.46 Å². The molecule has 0 atom stereocenters. The molecule has 0 spiro atoms. The zero-order valence-electron chi connectivity index (χ0n) is 8.73. The second-order valence-electron chi connectivity index (χ2n) is 3.81. The molecule has 0 aliphatic heterocycles. The summed E-state index contributed by atoms with van der Waals surface area (Å²) in [4.78, 5) is 0. The molecule has 1 aliphatic rings. The first-order valence-electron chi connectivity index (χ1n) is 4.89. The van der Waals surface area contributed by atoms with Crippen LogP contribution in [0.15, 0.2) is 18.2 Å². The Labute approximate surface area is 99.6 Å². The largest absolute Gasteiger partial charge is 0.487 e. The average Bonchev–Trinajstić information content (AvgIpc) is 2.92. The number of hydrogen-bond acceptors (Lipinski definition) is 3. The molecule has 1 saturated carbocycles. The standard InChI is InChI=1S/C10H12ClNO3S/c1-16(13,14)12-9-4-2-3-8(11)10(9)15-7-5-6-7/h2-4,7,12H,5-6H2,1H3. The molecule has 6 heteroatoms. The highest BCUT2D eigenvalue weighted by atomic mass is 35.5. The average molecular weight is 262 g/mol. The molecule has 4 nitrogen and oxygen atoms in total. The third kappa shape index (κ3) is 3.02. The van der Waals surface area contributed by atoms with Crippen molar-refractivity contribution < 1.29 is 13.2 Å². The third-order valence-electron chi connectivity index (χ3n) is 2.07. The molecule has 0 unspecified atom stereocenters. The predicted molar refractivity (Wildman–Crippen MR) is 63.6 cm³/mol. The Bertz CT molecular complexity index is 497. The molecule has 1 N–H and O–H groups in total. The minimum atomic E-state index is -3.32. The molecule has 0 bridgehead atoms. The summed E-state index contributed by atoms with van der Waals surface area (Å²) in [5.74, 6) is 0.414. The van der Waals surface area contributed by atoms with E-state index in [9.17, 15) is 8.42 Å². The lowest BCUT2D eigenvalue weighted by Gasteiger charge is -2.12. The van der Waals surface area contributed by atoms with Crippen molar-refractivity contribution in [1.82, 2.24) is 0 Å². The Morgan fingerprint density at radius 1 is 1.44 bits per heavy atom. The molecule has 1 aliphatic carbocycles. The quantitative estimate of drug-likeness (QED) is 0.904. The molecule has 16 heavy (non-hydrogen) atoms. The van der Waals surface area contributed by atoms with Gasteiger partial charge in [-0.1, -0.05) is 17.7 Å². The van der Waals surface area contributed by atoms with Gasteiger partial charge in [0.1, 0.15) is 0 Å². The second kappa shape index (κ2) is 4.14. The maximum atomic E-state index is 11.2. The fraction of sp³-hybridized carbons (Fsp3) is 0.400. The highest BCUT2D eigenvalue weighted by Crippen LogP contribution is 2.37. The van der Waals surface area contributed by atoms with E-state index in [0.29, 0.717) is 16.5 Å². The maximum Gasteiger partial charge on any atom is 0.229 e. The number of nitrogens with one attached hydrogen (secondary N) is 1. The number of para-hydroxylation sites is 1. The van der Waals surface area contributed by atoms with Crippen LogP contribution in [-0.2, 0) is 10.0 Å². The molecule has 0 aromatic heterocycles. The Balaban J connectivity index is 2.31. The van der Waals surface area contributed by atoms with Gasteiger partial charge in [-0.25, -0.2) is 8.42 Å². The van der Waals surface area contributed by atoms with Crippen molar-refractivity contribution in [1.29, 1.82) is 0 Å². The summed E-state index contributed by atoms with van der Waals surface area (Å²) in [6.45, 7) is 0. The van der Waals surface area contributed by atoms with Crippen LogP contribution in [0, 0.1) is 0 Å². The van der Waals surface area contributed by atoms with Gasteiger partial charge in [-0.3, -0.25) is 4.72 Å². The zero-order valence-corrected chi connectivity index (χ0v) is 10.3. The third-order valence-corrected chi connectivity index (χ3v) is 2.96. The summed E-state index contributed by atoms with van der Waals surface area (Å²) in [7, 11) is -3.32. The van der Waals surface area contributed by atoms with Crippen LogP contribution in [0.5, 0.6) is 5.75 Å². The van der Waals surface area contributed by atoms with Crippen molar-refractivity contribution >= 4 is 27.3 Å². The van der Waals surface area contributed by atoms with Gasteiger partial charge in [-0.2, -0.15) is 0 Å². The summed E-state index contributed by atoms with van der Waals surface area (Å²) >= 11 is 5.97. The molecule has 0 radical (unpaired) electrons. The van der Waals surface area contributed by atoms with Crippen molar-refractivity contribution in [2.24, 2.45) is 0 Å². The molecule has 1 aromatic carbocycles. The summed E-state index contributed by atoms with van der Waals surface area (Å²) in [5.41, 5.74) is 0.391. The monoisotopic (exact) mass is 261 g/mol. The van der Waals surface area contributed by atoms with Crippen molar-refractivity contribution in [3.63, 3.8) is 0 Å². The number of sulfonamides is 1. The Hall–Kier alpha value is -0.940. The van der Waals surface area contributed by atoms with Crippen LogP contribution in [0.1, 0.15) is 12.8 Å². The van der Waals surface area contributed by atoms with E-state index in [1.54, 1.807) is 18.2 Å². The summed E-state index contributed by atoms with van der Waals surface area (Å²) in [6, 6.07) is 4.98. The lowest BCUT2D eigenvalue weighted by Crippen LogP contribution is -2.11. The Morgan fingerprint density at radius 3 is 2.69 bits per heavy atom. The van der Waals surface area contributed by atoms with E-state index < -0.39 is 10.0 Å². The van der Waals surface area contributed by atoms with Gasteiger partial charge in [0.15, 0.2) is 5.75 Å². The van der Waals surface area contributed by atoms with Crippen molar-refractivity contribution in [3.8, 4) is 5.75 Å². The van der Waals surface area contributed by atoms with E-state index in [1.807, 2.05) is 0 Å². The van der Waals surface area contributed by atoms with Gasteiger partial charge in [-0.05, 0) is 25.0 Å². The first-order valence-corrected chi connectivity index (χ1v) is 7.15. The normalized spacial score (nSPS) is 15.9. The molecule has 0 saturated heterocycles. The van der Waals surface area contributed by atoms with E-state index in [4.69, 9.17) is 16.3 Å². The molecule has 2 rings (SSSR count). The van der Waals surface area contributed by atoms with Crippen LogP contribution in [0.25, 0.3) is 0 Å². The minimum absolute atomic E-state index is 0.167. The van der Waals surface area contributed by atoms with E-state index in [1.165, 1.54) is 0 Å². The fourth-order valence-corrected chi connectivity index (χ4v) is 2.04. The van der Waals surface area contributed by atoms with Gasteiger partial charge >= 0.3 is 0 Å². The maximum absolute atomic E-state index is 11.2. The Kier molecular flexibility index (Phi) is 2.99. The van der Waals surface area contributed by atoms with Gasteiger partial charge in [0.05, 0.1) is 23.1 Å². The number of benzene rings is 1. The van der Waals surface area contributed by atoms with Crippen LogP contribution in [0.2, 0.25) is 5.02 Å². The predicted octanol–water partition coefficient (Wildman–Crippen LogP) is 2.25. The molecular weight excluding hydrogens is 250 g/mol. The number of halogens is 1. The Morgan fingerprint density at radius 2 is 2.12 bits per heavy atom. The molecule has 1 aromatic rings. The lowest BCUT2D eigenvalue weighted by molar-refractivity contribution is 0.305.